The van der Waals surface area contributed by atoms with E-state index in [1.54, 1.807) is 6.07 Å². The first kappa shape index (κ1) is 14.6. The fourth-order valence-corrected chi connectivity index (χ4v) is 1.69. The van der Waals surface area contributed by atoms with Gasteiger partial charge >= 0.3 is 0 Å². The van der Waals surface area contributed by atoms with Gasteiger partial charge in [0.2, 0.25) is 11.8 Å². The van der Waals surface area contributed by atoms with Crippen LogP contribution in [0.4, 0.5) is 4.39 Å². The summed E-state index contributed by atoms with van der Waals surface area (Å²) in [6, 6.07) is 3.15. The van der Waals surface area contributed by atoms with Crippen LogP contribution in [0.15, 0.2) is 22.7 Å². The lowest BCUT2D eigenvalue weighted by molar-refractivity contribution is -0.126. The molecule has 1 aromatic carbocycles. The van der Waals surface area contributed by atoms with E-state index in [1.807, 2.05) is 0 Å². The van der Waals surface area contributed by atoms with Crippen molar-refractivity contribution in [2.24, 2.45) is 11.5 Å². The van der Waals surface area contributed by atoms with Crippen molar-refractivity contribution in [1.82, 2.24) is 5.32 Å². The van der Waals surface area contributed by atoms with Crippen LogP contribution in [-0.4, -0.2) is 17.9 Å². The minimum Gasteiger partial charge on any atom is -0.370 e. The van der Waals surface area contributed by atoms with Gasteiger partial charge in [-0.05, 0) is 23.8 Å². The Balaban J connectivity index is 2.57. The predicted octanol–water partition coefficient (Wildman–Crippen LogP) is 0.407. The van der Waals surface area contributed by atoms with Crippen LogP contribution in [0.25, 0.3) is 0 Å². The minimum atomic E-state index is -0.991. The normalized spacial score (nSPS) is 11.9. The molecule has 0 aliphatic heterocycles. The Morgan fingerprint density at radius 3 is 2.72 bits per heavy atom. The van der Waals surface area contributed by atoms with E-state index in [1.165, 1.54) is 12.1 Å². The molecule has 0 saturated carbocycles. The van der Waals surface area contributed by atoms with Gasteiger partial charge in [-0.15, -0.1) is 0 Å². The molecule has 2 amide bonds. The molecule has 0 heterocycles. The van der Waals surface area contributed by atoms with Crippen LogP contribution in [0.3, 0.4) is 0 Å². The van der Waals surface area contributed by atoms with Gasteiger partial charge in [0.05, 0.1) is 12.5 Å². The molecule has 98 valence electrons. The number of hydrogen-bond donors (Lipinski definition) is 3. The molecule has 0 spiro atoms. The summed E-state index contributed by atoms with van der Waals surface area (Å²) in [5.74, 6) is -1.56. The third-order valence-electron chi connectivity index (χ3n) is 2.22. The summed E-state index contributed by atoms with van der Waals surface area (Å²) in [6.45, 7) is 0.115. The molecule has 7 heteroatoms. The maximum Gasteiger partial charge on any atom is 0.237 e. The number of amides is 2. The molecule has 1 unspecified atom stereocenters. The van der Waals surface area contributed by atoms with Gasteiger partial charge in [0.15, 0.2) is 0 Å². The van der Waals surface area contributed by atoms with Crippen molar-refractivity contribution in [1.29, 1.82) is 0 Å². The third kappa shape index (κ3) is 4.42. The van der Waals surface area contributed by atoms with E-state index < -0.39 is 23.7 Å². The highest BCUT2D eigenvalue weighted by atomic mass is 79.9. The van der Waals surface area contributed by atoms with Crippen LogP contribution in [-0.2, 0) is 16.1 Å². The number of nitrogens with one attached hydrogen (secondary N) is 1. The molecule has 1 aromatic rings. The Morgan fingerprint density at radius 2 is 2.11 bits per heavy atom. The number of carbonyl (C=O) groups excluding carboxylic acids is 2. The molecule has 5 nitrogen and oxygen atoms in total. The van der Waals surface area contributed by atoms with Crippen molar-refractivity contribution in [3.63, 3.8) is 0 Å². The summed E-state index contributed by atoms with van der Waals surface area (Å²) < 4.78 is 13.7. The molecule has 5 N–H and O–H groups in total. The Kier molecular flexibility index (Phi) is 5.24. The van der Waals surface area contributed by atoms with Gasteiger partial charge < -0.3 is 16.8 Å². The lowest BCUT2D eigenvalue weighted by Crippen LogP contribution is -2.42. The second-order valence-electron chi connectivity index (χ2n) is 3.73. The van der Waals surface area contributed by atoms with E-state index in [2.05, 4.69) is 21.2 Å². The van der Waals surface area contributed by atoms with Crippen molar-refractivity contribution in [3.05, 3.63) is 34.1 Å². The molecule has 0 bridgehead atoms. The maximum absolute atomic E-state index is 13.0. The fourth-order valence-electron chi connectivity index (χ4n) is 1.30. The molecule has 0 aliphatic rings. The second-order valence-corrected chi connectivity index (χ2v) is 4.58. The Labute approximate surface area is 112 Å². The second kappa shape index (κ2) is 6.46. The smallest absolute Gasteiger partial charge is 0.237 e. The summed E-state index contributed by atoms with van der Waals surface area (Å²) in [6.07, 6.45) is -0.226. The largest absolute Gasteiger partial charge is 0.370 e. The van der Waals surface area contributed by atoms with Crippen LogP contribution in [0.5, 0.6) is 0 Å². The van der Waals surface area contributed by atoms with Crippen molar-refractivity contribution < 1.29 is 14.0 Å². The number of primary amides is 1. The van der Waals surface area contributed by atoms with E-state index in [0.29, 0.717) is 10.0 Å². The highest BCUT2D eigenvalue weighted by molar-refractivity contribution is 9.10. The Hall–Kier alpha value is -1.47. The molecule has 1 rings (SSSR count). The third-order valence-corrected chi connectivity index (χ3v) is 2.99. The summed E-state index contributed by atoms with van der Waals surface area (Å²) in [5, 5.41) is 2.50. The first-order valence-electron chi connectivity index (χ1n) is 5.15. The zero-order chi connectivity index (χ0) is 13.7. The minimum absolute atomic E-state index is 0.115. The Morgan fingerprint density at radius 1 is 1.44 bits per heavy atom. The van der Waals surface area contributed by atoms with Gasteiger partial charge in [-0.25, -0.2) is 4.39 Å². The zero-order valence-electron chi connectivity index (χ0n) is 9.45. The standard InChI is InChI=1S/C11H13BrFN3O2/c12-8-2-1-7(13)3-6(8)5-16-11(18)9(14)4-10(15)17/h1-3,9H,4-5,14H2,(H2,15,17)(H,16,18). The number of hydrogen-bond acceptors (Lipinski definition) is 3. The van der Waals surface area contributed by atoms with Crippen molar-refractivity contribution in [3.8, 4) is 0 Å². The zero-order valence-corrected chi connectivity index (χ0v) is 11.0. The monoisotopic (exact) mass is 317 g/mol. The first-order chi connectivity index (χ1) is 8.40. The number of halogens is 2. The van der Waals surface area contributed by atoms with E-state index in [0.717, 1.165) is 0 Å². The SMILES string of the molecule is NC(=O)CC(N)C(=O)NCc1cc(F)ccc1Br. The number of carbonyl (C=O) groups is 2. The average molecular weight is 318 g/mol. The van der Waals surface area contributed by atoms with E-state index in [4.69, 9.17) is 11.5 Å². The molecule has 1 atom stereocenters. The van der Waals surface area contributed by atoms with Crippen LogP contribution >= 0.6 is 15.9 Å². The molecule has 0 fully saturated rings. The van der Waals surface area contributed by atoms with E-state index in [-0.39, 0.29) is 13.0 Å². The highest BCUT2D eigenvalue weighted by Crippen LogP contribution is 2.17. The lowest BCUT2D eigenvalue weighted by Gasteiger charge is -2.11. The van der Waals surface area contributed by atoms with Gasteiger partial charge in [-0.2, -0.15) is 0 Å². The van der Waals surface area contributed by atoms with Crippen LogP contribution in [0.1, 0.15) is 12.0 Å². The van der Waals surface area contributed by atoms with E-state index in [9.17, 15) is 14.0 Å². The average Bonchev–Trinajstić information content (AvgIpc) is 2.29. The van der Waals surface area contributed by atoms with Crippen LogP contribution in [0, 0.1) is 5.82 Å². The molecule has 0 radical (unpaired) electrons. The molecular formula is C11H13BrFN3O2. The number of nitrogens with two attached hydrogens (primary N) is 2. The van der Waals surface area contributed by atoms with Crippen molar-refractivity contribution in [2.75, 3.05) is 0 Å². The summed E-state index contributed by atoms with van der Waals surface area (Å²) in [5.41, 5.74) is 11.0. The molecule has 0 aromatic heterocycles. The number of rotatable bonds is 5. The maximum atomic E-state index is 13.0. The Bertz CT molecular complexity index is 468. The van der Waals surface area contributed by atoms with Gasteiger partial charge in [-0.1, -0.05) is 15.9 Å². The van der Waals surface area contributed by atoms with E-state index >= 15 is 0 Å². The van der Waals surface area contributed by atoms with Gasteiger partial charge in [-0.3, -0.25) is 9.59 Å². The fraction of sp³-hybridized carbons (Fsp3) is 0.273. The predicted molar refractivity (Wildman–Crippen MR) is 67.7 cm³/mol. The molecule has 18 heavy (non-hydrogen) atoms. The van der Waals surface area contributed by atoms with Gasteiger partial charge in [0, 0.05) is 11.0 Å². The van der Waals surface area contributed by atoms with Gasteiger partial charge in [0.1, 0.15) is 5.82 Å². The molecule has 0 aliphatic carbocycles. The summed E-state index contributed by atoms with van der Waals surface area (Å²) >= 11 is 3.23. The van der Waals surface area contributed by atoms with Gasteiger partial charge in [0.25, 0.3) is 0 Å². The van der Waals surface area contributed by atoms with Crippen LogP contribution < -0.4 is 16.8 Å². The summed E-state index contributed by atoms with van der Waals surface area (Å²) in [4.78, 5) is 22.1. The molecule has 0 saturated heterocycles. The van der Waals surface area contributed by atoms with Crippen molar-refractivity contribution >= 4 is 27.7 Å². The highest BCUT2D eigenvalue weighted by Gasteiger charge is 2.15. The summed E-state index contributed by atoms with van der Waals surface area (Å²) in [7, 11) is 0. The quantitative estimate of drug-likeness (QED) is 0.733. The number of benzene rings is 1. The topological polar surface area (TPSA) is 98.2 Å². The first-order valence-corrected chi connectivity index (χ1v) is 5.95. The lowest BCUT2D eigenvalue weighted by atomic mass is 10.2. The van der Waals surface area contributed by atoms with Crippen LogP contribution in [0.2, 0.25) is 0 Å². The molecular weight excluding hydrogens is 305 g/mol. The van der Waals surface area contributed by atoms with Crippen molar-refractivity contribution in [2.45, 2.75) is 19.0 Å².